The number of likely N-dealkylation sites (tertiary alicyclic amines) is 1. The minimum Gasteiger partial charge on any atom is -0.512 e. The first-order chi connectivity index (χ1) is 6.84. The number of quaternary nitrogens is 1. The van der Waals surface area contributed by atoms with E-state index in [1.807, 2.05) is 4.90 Å². The molecule has 1 aliphatic heterocycles. The molecule has 0 saturated carbocycles. The number of rotatable bonds is 4. The average Bonchev–Trinajstić information content (AvgIpc) is 2.24. The molecule has 1 N–H and O–H groups in total. The molecule has 0 amide bonds. The molecule has 1 heterocycles. The molecule has 0 aromatic carbocycles. The van der Waals surface area contributed by atoms with Gasteiger partial charge in [0.25, 0.3) is 0 Å². The van der Waals surface area contributed by atoms with Crippen LogP contribution in [0.1, 0.15) is 52.4 Å². The van der Waals surface area contributed by atoms with Crippen LogP contribution in [0.5, 0.6) is 0 Å². The smallest absolute Gasteiger partial charge is 0.0846 e. The molecule has 82 valence electrons. The average molecular weight is 196 g/mol. The third-order valence-corrected chi connectivity index (χ3v) is 3.18. The van der Waals surface area contributed by atoms with Crippen molar-refractivity contribution >= 4 is 0 Å². The Morgan fingerprint density at radius 2 is 2.00 bits per heavy atom. The minimum atomic E-state index is 0.940. The van der Waals surface area contributed by atoms with E-state index in [2.05, 4.69) is 13.8 Å². The lowest BCUT2D eigenvalue weighted by Crippen LogP contribution is -3.16. The second-order valence-corrected chi connectivity index (χ2v) is 4.26. The topological polar surface area (TPSA) is 28.2 Å². The van der Waals surface area contributed by atoms with Gasteiger partial charge in [0.05, 0.1) is 19.1 Å². The van der Waals surface area contributed by atoms with Crippen molar-refractivity contribution < 1.29 is 4.90 Å². The van der Waals surface area contributed by atoms with E-state index in [-0.39, 0.29) is 0 Å². The van der Waals surface area contributed by atoms with Crippen LogP contribution in [-0.4, -0.2) is 19.1 Å². The van der Waals surface area contributed by atoms with Gasteiger partial charge in [-0.25, -0.2) is 0 Å². The predicted octanol–water partition coefficient (Wildman–Crippen LogP) is 1.73. The molecule has 0 aliphatic carbocycles. The summed E-state index contributed by atoms with van der Waals surface area (Å²) < 4.78 is 0. The van der Waals surface area contributed by atoms with Crippen molar-refractivity contribution in [1.29, 1.82) is 5.26 Å². The van der Waals surface area contributed by atoms with Gasteiger partial charge < -0.3 is 16.7 Å². The molecule has 2 nitrogen and oxygen atoms in total. The molecule has 1 aliphatic rings. The zero-order valence-electron chi connectivity index (χ0n) is 9.68. The van der Waals surface area contributed by atoms with Crippen molar-refractivity contribution in [3.05, 3.63) is 6.57 Å². The Labute approximate surface area is 88.9 Å². The highest BCUT2D eigenvalue weighted by atomic mass is 15.1. The van der Waals surface area contributed by atoms with Gasteiger partial charge in [0, 0.05) is 0 Å². The van der Waals surface area contributed by atoms with Crippen molar-refractivity contribution in [2.45, 2.75) is 58.4 Å². The first kappa shape index (κ1) is 13.4. The van der Waals surface area contributed by atoms with Gasteiger partial charge in [0.15, 0.2) is 0 Å². The molecular weight excluding hydrogens is 172 g/mol. The summed E-state index contributed by atoms with van der Waals surface area (Å²) in [5, 5.41) is 6.25. The predicted molar refractivity (Wildman–Crippen MR) is 58.5 cm³/mol. The van der Waals surface area contributed by atoms with Gasteiger partial charge in [-0.2, -0.15) is 0 Å². The molecule has 0 bridgehead atoms. The Balaban J connectivity index is 0.000000791. The van der Waals surface area contributed by atoms with Gasteiger partial charge in [0.1, 0.15) is 0 Å². The Kier molecular flexibility index (Phi) is 8.67. The van der Waals surface area contributed by atoms with E-state index in [4.69, 9.17) is 11.8 Å². The van der Waals surface area contributed by atoms with Gasteiger partial charge in [-0.15, -0.1) is 0 Å². The Morgan fingerprint density at radius 3 is 2.57 bits per heavy atom. The third-order valence-electron chi connectivity index (χ3n) is 3.18. The number of unbranched alkanes of at least 4 members (excludes halogenated alkanes) is 2. The monoisotopic (exact) mass is 196 g/mol. The molecule has 0 radical (unpaired) electrons. The van der Waals surface area contributed by atoms with Crippen LogP contribution < -0.4 is 4.90 Å². The number of piperidine rings is 1. The SMILES string of the molecule is CCCCC[NH+]1CCCCC1C.[C-]#N. The molecule has 1 saturated heterocycles. The minimum absolute atomic E-state index is 0.940. The van der Waals surface area contributed by atoms with Crippen molar-refractivity contribution in [2.24, 2.45) is 0 Å². The summed E-state index contributed by atoms with van der Waals surface area (Å²) in [5.41, 5.74) is 0. The summed E-state index contributed by atoms with van der Waals surface area (Å²) in [4.78, 5) is 1.87. The molecule has 1 fully saturated rings. The summed E-state index contributed by atoms with van der Waals surface area (Å²) in [7, 11) is 0. The van der Waals surface area contributed by atoms with E-state index >= 15 is 0 Å². The lowest BCUT2D eigenvalue weighted by molar-refractivity contribution is -0.928. The van der Waals surface area contributed by atoms with Crippen LogP contribution in [0.3, 0.4) is 0 Å². The van der Waals surface area contributed by atoms with E-state index in [1.54, 1.807) is 0 Å². The zero-order valence-corrected chi connectivity index (χ0v) is 9.68. The molecule has 0 spiro atoms. The fourth-order valence-electron chi connectivity index (χ4n) is 2.23. The van der Waals surface area contributed by atoms with Gasteiger partial charge in [0.2, 0.25) is 0 Å². The van der Waals surface area contributed by atoms with Crippen LogP contribution in [0.4, 0.5) is 0 Å². The second kappa shape index (κ2) is 9.02. The van der Waals surface area contributed by atoms with Crippen molar-refractivity contribution in [2.75, 3.05) is 13.1 Å². The van der Waals surface area contributed by atoms with Crippen LogP contribution in [-0.2, 0) is 0 Å². The number of nitrogens with zero attached hydrogens (tertiary/aromatic N) is 1. The molecule has 2 unspecified atom stereocenters. The Hall–Kier alpha value is -0.550. The largest absolute Gasteiger partial charge is 0.512 e. The molecule has 14 heavy (non-hydrogen) atoms. The highest BCUT2D eigenvalue weighted by molar-refractivity contribution is 4.55. The van der Waals surface area contributed by atoms with Gasteiger partial charge in [-0.05, 0) is 39.0 Å². The molecule has 0 aromatic rings. The second-order valence-electron chi connectivity index (χ2n) is 4.26. The normalized spacial score (nSPS) is 26.3. The van der Waals surface area contributed by atoms with E-state index in [0.29, 0.717) is 0 Å². The quantitative estimate of drug-likeness (QED) is 0.538. The number of nitrogens with one attached hydrogen (secondary N) is 1. The maximum absolute atomic E-state index is 6.25. The van der Waals surface area contributed by atoms with Crippen LogP contribution >= 0.6 is 0 Å². The van der Waals surface area contributed by atoms with Crippen LogP contribution in [0.15, 0.2) is 0 Å². The van der Waals surface area contributed by atoms with E-state index in [0.717, 1.165) is 6.04 Å². The fraction of sp³-hybridized carbons (Fsp3) is 0.917. The first-order valence-electron chi connectivity index (χ1n) is 5.91. The lowest BCUT2D eigenvalue weighted by atomic mass is 10.0. The van der Waals surface area contributed by atoms with Gasteiger partial charge in [-0.3, -0.25) is 0 Å². The van der Waals surface area contributed by atoms with Crippen LogP contribution in [0.2, 0.25) is 0 Å². The summed E-state index contributed by atoms with van der Waals surface area (Å²) in [5.74, 6) is 0. The Bertz CT molecular complexity index is 143. The van der Waals surface area contributed by atoms with E-state index in [9.17, 15) is 0 Å². The highest BCUT2D eigenvalue weighted by Gasteiger charge is 2.20. The number of hydrogen-bond acceptors (Lipinski definition) is 1. The lowest BCUT2D eigenvalue weighted by Gasteiger charge is -2.30. The van der Waals surface area contributed by atoms with Crippen molar-refractivity contribution in [3.8, 4) is 0 Å². The maximum Gasteiger partial charge on any atom is 0.0846 e. The van der Waals surface area contributed by atoms with E-state index < -0.39 is 0 Å². The van der Waals surface area contributed by atoms with Gasteiger partial charge in [-0.1, -0.05) is 13.3 Å². The van der Waals surface area contributed by atoms with Crippen molar-refractivity contribution in [3.63, 3.8) is 0 Å². The van der Waals surface area contributed by atoms with Gasteiger partial charge >= 0.3 is 0 Å². The van der Waals surface area contributed by atoms with Crippen molar-refractivity contribution in [1.82, 2.24) is 0 Å². The maximum atomic E-state index is 6.25. The number of hydrogen-bond donors (Lipinski definition) is 1. The highest BCUT2D eigenvalue weighted by Crippen LogP contribution is 2.02. The van der Waals surface area contributed by atoms with Crippen LogP contribution in [0, 0.1) is 11.8 Å². The van der Waals surface area contributed by atoms with E-state index in [1.165, 1.54) is 51.6 Å². The standard InChI is InChI=1S/C11H23N.CN/c1-3-4-6-9-12-10-7-5-8-11(12)2;1-2/h11H,3-10H2,1-2H3;/q;-1/p+1. The molecule has 2 atom stereocenters. The Morgan fingerprint density at radius 1 is 1.29 bits per heavy atom. The molecular formula is C12H24N2. The molecule has 2 heteroatoms. The van der Waals surface area contributed by atoms with Crippen LogP contribution in [0.25, 0.3) is 0 Å². The first-order valence-corrected chi connectivity index (χ1v) is 5.91. The third kappa shape index (κ3) is 5.24. The summed E-state index contributed by atoms with van der Waals surface area (Å²) in [6.07, 6.45) is 8.62. The summed E-state index contributed by atoms with van der Waals surface area (Å²) >= 11 is 0. The molecule has 1 rings (SSSR count). The summed E-state index contributed by atoms with van der Waals surface area (Å²) in [6, 6.07) is 0.940. The summed E-state index contributed by atoms with van der Waals surface area (Å²) in [6.45, 7) is 12.3. The fourth-order valence-corrected chi connectivity index (χ4v) is 2.23. The molecule has 0 aromatic heterocycles. The zero-order chi connectivity index (χ0) is 10.8.